The molecule has 0 aromatic rings. The predicted octanol–water partition coefficient (Wildman–Crippen LogP) is -2.72. The van der Waals surface area contributed by atoms with Gasteiger partial charge in [-0.1, -0.05) is 0 Å². The van der Waals surface area contributed by atoms with E-state index in [1.807, 2.05) is 0 Å². The molecule has 2 aliphatic rings. The Morgan fingerprint density at radius 1 is 1.00 bits per heavy atom. The zero-order chi connectivity index (χ0) is 9.59. The van der Waals surface area contributed by atoms with Gasteiger partial charge in [0.1, 0.15) is 0 Å². The first-order chi connectivity index (χ1) is 6.11. The number of carbonyl (C=O) groups excluding carboxylic acids is 2. The van der Waals surface area contributed by atoms with Gasteiger partial charge in [0.25, 0.3) is 0 Å². The predicted molar refractivity (Wildman–Crippen MR) is 34.9 cm³/mol. The molecule has 14 heavy (non-hydrogen) atoms. The van der Waals surface area contributed by atoms with Crippen LogP contribution in [0.4, 0.5) is 0 Å². The molecule has 0 amide bonds. The summed E-state index contributed by atoms with van der Waals surface area (Å²) in [5.41, 5.74) is 0. The van der Waals surface area contributed by atoms with E-state index in [0.717, 1.165) is 0 Å². The molecule has 6 heteroatoms. The van der Waals surface area contributed by atoms with E-state index in [-0.39, 0.29) is 17.1 Å². The van der Waals surface area contributed by atoms with E-state index in [1.54, 1.807) is 0 Å². The summed E-state index contributed by atoms with van der Waals surface area (Å²) in [4.78, 5) is 21.2. The average Bonchev–Trinajstić information content (AvgIpc) is 2.60. The molecule has 0 radical (unpaired) electrons. The summed E-state index contributed by atoms with van der Waals surface area (Å²) in [6.45, 7) is 0. The van der Waals surface area contributed by atoms with Gasteiger partial charge in [-0.05, 0) is 12.8 Å². The summed E-state index contributed by atoms with van der Waals surface area (Å²) in [7, 11) is 0. The Morgan fingerprint density at radius 2 is 1.36 bits per heavy atom. The molecule has 0 N–H and O–H groups in total. The van der Waals surface area contributed by atoms with Crippen LogP contribution in [0.25, 0.3) is 0 Å². The van der Waals surface area contributed by atoms with E-state index in [4.69, 9.17) is 4.74 Å². The molecule has 2 saturated heterocycles. The summed E-state index contributed by atoms with van der Waals surface area (Å²) < 4.78 is 5.18. The minimum atomic E-state index is -1.35. The molecule has 2 heterocycles. The van der Waals surface area contributed by atoms with Crippen molar-refractivity contribution in [3.63, 3.8) is 0 Å². The zero-order valence-electron chi connectivity index (χ0n) is 7.12. The van der Waals surface area contributed by atoms with Crippen LogP contribution in [-0.2, 0) is 31.4 Å². The van der Waals surface area contributed by atoms with Crippen LogP contribution >= 0.6 is 0 Å². The fourth-order valence-corrected chi connectivity index (χ4v) is 2.28. The number of hydrogen-bond acceptors (Lipinski definition) is 5. The maximum atomic E-state index is 10.6. The van der Waals surface area contributed by atoms with Crippen LogP contribution < -0.4 is 10.2 Å². The average molecular weight is 240 g/mol. The Balaban J connectivity index is 0.000000980. The van der Waals surface area contributed by atoms with Gasteiger partial charge in [0.2, 0.25) is 0 Å². The fraction of sp³-hybridized carbons (Fsp3) is 0.750. The van der Waals surface area contributed by atoms with Crippen molar-refractivity contribution in [2.45, 2.75) is 25.0 Å². The van der Waals surface area contributed by atoms with Gasteiger partial charge in [-0.15, -0.1) is 0 Å². The van der Waals surface area contributed by atoms with Crippen LogP contribution in [0.5, 0.6) is 0 Å². The third-order valence-corrected chi connectivity index (χ3v) is 2.82. The van der Waals surface area contributed by atoms with Crippen molar-refractivity contribution < 1.29 is 41.6 Å². The monoisotopic (exact) mass is 240 g/mol. The molecular weight excluding hydrogens is 232 g/mol. The molecule has 0 aliphatic carbocycles. The molecule has 2 aliphatic heterocycles. The van der Waals surface area contributed by atoms with Crippen molar-refractivity contribution in [3.8, 4) is 0 Å². The molecule has 0 aromatic heterocycles. The van der Waals surface area contributed by atoms with Gasteiger partial charge < -0.3 is 24.5 Å². The van der Waals surface area contributed by atoms with Crippen molar-refractivity contribution in [1.82, 2.24) is 0 Å². The van der Waals surface area contributed by atoms with Crippen LogP contribution in [0.15, 0.2) is 0 Å². The SMILES string of the molecule is O=C([O-])C1C(C(=O)[O-])[C@H]2CC[C@@H]1O2.[Fe+2]. The molecule has 2 bridgehead atoms. The number of carboxylic acid groups (broad SMARTS) is 2. The molecule has 0 aromatic carbocycles. The third kappa shape index (κ3) is 1.53. The van der Waals surface area contributed by atoms with Crippen LogP contribution in [0.1, 0.15) is 12.8 Å². The number of ether oxygens (including phenoxy) is 1. The van der Waals surface area contributed by atoms with E-state index in [2.05, 4.69) is 0 Å². The smallest absolute Gasteiger partial charge is 0.550 e. The number of carbonyl (C=O) groups is 2. The van der Waals surface area contributed by atoms with Crippen LogP contribution in [-0.4, -0.2) is 24.1 Å². The van der Waals surface area contributed by atoms with Crippen molar-refractivity contribution in [3.05, 3.63) is 0 Å². The van der Waals surface area contributed by atoms with Gasteiger partial charge >= 0.3 is 17.1 Å². The van der Waals surface area contributed by atoms with Crippen LogP contribution in [0.3, 0.4) is 0 Å². The summed E-state index contributed by atoms with van der Waals surface area (Å²) in [5.74, 6) is -4.74. The number of fused-ring (bicyclic) bond motifs is 2. The topological polar surface area (TPSA) is 89.5 Å². The molecule has 0 saturated carbocycles. The van der Waals surface area contributed by atoms with E-state index in [9.17, 15) is 19.8 Å². The largest absolute Gasteiger partial charge is 2.00 e. The third-order valence-electron chi connectivity index (χ3n) is 2.82. The Morgan fingerprint density at radius 3 is 1.64 bits per heavy atom. The Kier molecular flexibility index (Phi) is 3.19. The van der Waals surface area contributed by atoms with Gasteiger partial charge in [0.15, 0.2) is 0 Å². The maximum Gasteiger partial charge on any atom is 2.00 e. The quantitative estimate of drug-likeness (QED) is 0.489. The number of hydrogen-bond donors (Lipinski definition) is 0. The van der Waals surface area contributed by atoms with Gasteiger partial charge in [-0.3, -0.25) is 0 Å². The first kappa shape index (κ1) is 11.5. The van der Waals surface area contributed by atoms with Crippen molar-refractivity contribution in [1.29, 1.82) is 0 Å². The van der Waals surface area contributed by atoms with Gasteiger partial charge in [-0.2, -0.15) is 0 Å². The second-order valence-corrected chi connectivity index (χ2v) is 3.48. The van der Waals surface area contributed by atoms with Gasteiger partial charge in [-0.25, -0.2) is 0 Å². The fourth-order valence-electron chi connectivity index (χ4n) is 2.28. The standard InChI is InChI=1S/C8H10O5.Fe/c9-7(10)5-3-1-2-4(13-3)6(5)8(11)12;/h3-6H,1-2H2,(H,9,10)(H,11,12);/q;+2/p-2/t3-,4+,5?,6?;. The first-order valence-electron chi connectivity index (χ1n) is 4.18. The van der Waals surface area contributed by atoms with Crippen LogP contribution in [0, 0.1) is 11.8 Å². The molecule has 2 unspecified atom stereocenters. The van der Waals surface area contributed by atoms with E-state index >= 15 is 0 Å². The number of carboxylic acids is 2. The van der Waals surface area contributed by atoms with E-state index < -0.39 is 36.0 Å². The Labute approximate surface area is 90.9 Å². The zero-order valence-corrected chi connectivity index (χ0v) is 8.22. The normalized spacial score (nSPS) is 39.1. The van der Waals surface area contributed by atoms with Crippen molar-refractivity contribution >= 4 is 11.9 Å². The van der Waals surface area contributed by atoms with Crippen LogP contribution in [0.2, 0.25) is 0 Å². The van der Waals surface area contributed by atoms with Crippen molar-refractivity contribution in [2.24, 2.45) is 11.8 Å². The molecule has 0 spiro atoms. The first-order valence-corrected chi connectivity index (χ1v) is 4.18. The summed E-state index contributed by atoms with van der Waals surface area (Å²) >= 11 is 0. The number of rotatable bonds is 2. The molecule has 2 fully saturated rings. The Bertz CT molecular complexity index is 240. The molecule has 4 atom stereocenters. The van der Waals surface area contributed by atoms with Gasteiger partial charge in [0.05, 0.1) is 12.2 Å². The Hall–Kier alpha value is -0.581. The molecule has 5 nitrogen and oxygen atoms in total. The van der Waals surface area contributed by atoms with Crippen molar-refractivity contribution in [2.75, 3.05) is 0 Å². The van der Waals surface area contributed by atoms with E-state index in [0.29, 0.717) is 12.8 Å². The second-order valence-electron chi connectivity index (χ2n) is 3.48. The summed E-state index contributed by atoms with van der Waals surface area (Å²) in [6.07, 6.45) is 0.232. The summed E-state index contributed by atoms with van der Waals surface area (Å²) in [6, 6.07) is 0. The molecule has 2 rings (SSSR count). The molecular formula is C8H8FeO5. The van der Waals surface area contributed by atoms with Gasteiger partial charge in [0, 0.05) is 23.8 Å². The minimum absolute atomic E-state index is 0. The summed E-state index contributed by atoms with van der Waals surface area (Å²) in [5, 5.41) is 21.2. The second kappa shape index (κ2) is 3.88. The van der Waals surface area contributed by atoms with E-state index in [1.165, 1.54) is 0 Å². The molecule has 78 valence electrons. The number of aliphatic carboxylic acids is 2. The minimum Gasteiger partial charge on any atom is -0.550 e. The maximum absolute atomic E-state index is 10.6.